The summed E-state index contributed by atoms with van der Waals surface area (Å²) in [6.07, 6.45) is 0. The summed E-state index contributed by atoms with van der Waals surface area (Å²) >= 11 is 0. The maximum atomic E-state index is 0. The fraction of sp³-hybridized carbons (Fsp3) is 0. The van der Waals surface area contributed by atoms with Crippen molar-refractivity contribution in [2.75, 3.05) is 0 Å². The Labute approximate surface area is 76.7 Å². The Balaban J connectivity index is 0. The molecule has 0 radical (unpaired) electrons. The first-order valence-corrected chi connectivity index (χ1v) is 0. The maximum Gasteiger partial charge on any atom is 2.00 e. The van der Waals surface area contributed by atoms with Crippen LogP contribution in [0.5, 0.6) is 0 Å². The molecule has 0 heterocycles. The van der Waals surface area contributed by atoms with Gasteiger partial charge in [0.25, 0.3) is 0 Å². The van der Waals surface area contributed by atoms with Crippen LogP contribution in [0.4, 0.5) is 0 Å². The average Bonchev–Trinajstić information content (AvgIpc) is 0. The van der Waals surface area contributed by atoms with E-state index in [0.29, 0.717) is 0 Å². The topological polar surface area (TPSA) is 28.5 Å². The maximum absolute atomic E-state index is 0. The van der Waals surface area contributed by atoms with Gasteiger partial charge in [-0.25, -0.2) is 0 Å². The van der Waals surface area contributed by atoms with Crippen molar-refractivity contribution in [2.45, 2.75) is 0 Å². The Morgan fingerprint density at radius 2 is 1.00 bits per heavy atom. The van der Waals surface area contributed by atoms with Gasteiger partial charge in [-0.3, -0.25) is 0 Å². The molecule has 1 nitrogen and oxygen atoms in total. The molecular weight excluding hydrogens is 203 g/mol. The van der Waals surface area contributed by atoms with Gasteiger partial charge in [0, 0.05) is 0 Å². The van der Waals surface area contributed by atoms with Gasteiger partial charge >= 0.3 is 71.9 Å². The Hall–Kier alpha value is 2.19. The molecule has 0 aliphatic rings. The first kappa shape index (κ1) is 57.3. The monoisotopic (exact) mass is 201 g/mol. The SMILES string of the molecule is [Fe+2].[Li+].[Ni+2].[O-2].[Zn+2]. The van der Waals surface area contributed by atoms with Crippen molar-refractivity contribution < 1.29 is 77.4 Å². The molecular formula is FeLiNiOZn+5. The number of hydrogen-bond donors (Lipinski definition) is 0. The van der Waals surface area contributed by atoms with E-state index >= 15 is 0 Å². The molecule has 5 heteroatoms. The second-order valence-electron chi connectivity index (χ2n) is 0. The molecule has 0 saturated carbocycles. The van der Waals surface area contributed by atoms with Crippen LogP contribution in [-0.2, 0) is 58.5 Å². The van der Waals surface area contributed by atoms with E-state index in [-0.39, 0.29) is 77.4 Å². The average molecular weight is 203 g/mol. The van der Waals surface area contributed by atoms with Crippen molar-refractivity contribution in [1.82, 2.24) is 0 Å². The normalized spacial score (nSPS) is 0. The van der Waals surface area contributed by atoms with Gasteiger partial charge in [0.2, 0.25) is 0 Å². The summed E-state index contributed by atoms with van der Waals surface area (Å²) in [6.45, 7) is 0. The number of hydrogen-bond acceptors (Lipinski definition) is 0. The van der Waals surface area contributed by atoms with E-state index in [1.807, 2.05) is 0 Å². The van der Waals surface area contributed by atoms with Crippen LogP contribution in [-0.4, -0.2) is 0 Å². The van der Waals surface area contributed by atoms with Crippen LogP contribution in [0.1, 0.15) is 0 Å². The van der Waals surface area contributed by atoms with Crippen LogP contribution in [0, 0.1) is 0 Å². The van der Waals surface area contributed by atoms with Crippen LogP contribution in [0.15, 0.2) is 0 Å². The summed E-state index contributed by atoms with van der Waals surface area (Å²) in [4.78, 5) is 0. The van der Waals surface area contributed by atoms with E-state index in [9.17, 15) is 0 Å². The molecule has 0 spiro atoms. The predicted octanol–water partition coefficient (Wildman–Crippen LogP) is -3.12. The van der Waals surface area contributed by atoms with Crippen LogP contribution >= 0.6 is 0 Å². The molecule has 0 aromatic heterocycles. The Morgan fingerprint density at radius 1 is 1.00 bits per heavy atom. The molecule has 0 atom stereocenters. The van der Waals surface area contributed by atoms with Crippen molar-refractivity contribution >= 4 is 0 Å². The van der Waals surface area contributed by atoms with Gasteiger partial charge in [-0.05, 0) is 0 Å². The van der Waals surface area contributed by atoms with E-state index in [4.69, 9.17) is 0 Å². The molecule has 5 heavy (non-hydrogen) atoms. The van der Waals surface area contributed by atoms with Gasteiger partial charge in [0.1, 0.15) is 0 Å². The summed E-state index contributed by atoms with van der Waals surface area (Å²) in [5.74, 6) is 0. The third kappa shape index (κ3) is 22.6. The molecule has 0 unspecified atom stereocenters. The molecule has 0 N–H and O–H groups in total. The van der Waals surface area contributed by atoms with Crippen LogP contribution in [0.25, 0.3) is 0 Å². The van der Waals surface area contributed by atoms with E-state index in [1.165, 1.54) is 0 Å². The zero-order valence-corrected chi connectivity index (χ0v) is 7.84. The second-order valence-corrected chi connectivity index (χ2v) is 0. The molecule has 22 valence electrons. The first-order valence-electron chi connectivity index (χ1n) is 0. The summed E-state index contributed by atoms with van der Waals surface area (Å²) in [5, 5.41) is 0. The summed E-state index contributed by atoms with van der Waals surface area (Å²) < 4.78 is 0. The molecule has 0 bridgehead atoms. The largest absolute Gasteiger partial charge is 2.00 e. The fourth-order valence-corrected chi connectivity index (χ4v) is 0. The minimum atomic E-state index is 0. The van der Waals surface area contributed by atoms with Gasteiger partial charge in [-0.2, -0.15) is 0 Å². The van der Waals surface area contributed by atoms with Gasteiger partial charge in [0.05, 0.1) is 0 Å². The van der Waals surface area contributed by atoms with E-state index in [0.717, 1.165) is 0 Å². The Morgan fingerprint density at radius 3 is 1.00 bits per heavy atom. The third-order valence-electron chi connectivity index (χ3n) is 0. The van der Waals surface area contributed by atoms with Crippen LogP contribution in [0.3, 0.4) is 0 Å². The molecule has 0 saturated heterocycles. The third-order valence-corrected chi connectivity index (χ3v) is 0. The predicted molar refractivity (Wildman–Crippen MR) is 0.686 cm³/mol. The molecule has 0 fully saturated rings. The molecule has 0 rings (SSSR count). The molecule has 0 aliphatic carbocycles. The fourth-order valence-electron chi connectivity index (χ4n) is 0. The van der Waals surface area contributed by atoms with Gasteiger partial charge < -0.3 is 5.48 Å². The van der Waals surface area contributed by atoms with Crippen molar-refractivity contribution in [3.05, 3.63) is 0 Å². The van der Waals surface area contributed by atoms with Crippen molar-refractivity contribution in [2.24, 2.45) is 0 Å². The second kappa shape index (κ2) is 34.7. The van der Waals surface area contributed by atoms with Gasteiger partial charge in [-0.15, -0.1) is 0 Å². The zero-order chi connectivity index (χ0) is 0. The van der Waals surface area contributed by atoms with E-state index < -0.39 is 0 Å². The summed E-state index contributed by atoms with van der Waals surface area (Å²) in [7, 11) is 0. The Bertz CT molecular complexity index is 11.6. The first-order chi connectivity index (χ1) is 0. The van der Waals surface area contributed by atoms with Crippen LogP contribution < -0.4 is 18.9 Å². The van der Waals surface area contributed by atoms with Crippen molar-refractivity contribution in [1.29, 1.82) is 0 Å². The standard InChI is InChI=1S/Fe.Li.Ni.O.Zn/q+2;+1;+2;-2;+2. The molecule has 0 aromatic carbocycles. The van der Waals surface area contributed by atoms with Crippen LogP contribution in [0.2, 0.25) is 0 Å². The summed E-state index contributed by atoms with van der Waals surface area (Å²) in [6, 6.07) is 0. The number of rotatable bonds is 0. The smallest absolute Gasteiger partial charge is 2.00 e. The molecule has 0 aliphatic heterocycles. The molecule has 0 amide bonds. The quantitative estimate of drug-likeness (QED) is 0.372. The minimum Gasteiger partial charge on any atom is -2.00 e. The van der Waals surface area contributed by atoms with Crippen molar-refractivity contribution in [3.63, 3.8) is 0 Å². The van der Waals surface area contributed by atoms with E-state index in [1.54, 1.807) is 0 Å². The molecule has 0 aromatic rings. The van der Waals surface area contributed by atoms with Gasteiger partial charge in [0.15, 0.2) is 0 Å². The van der Waals surface area contributed by atoms with Gasteiger partial charge in [-0.1, -0.05) is 0 Å². The Kier molecular flexibility index (Phi) is 398. The van der Waals surface area contributed by atoms with Crippen molar-refractivity contribution in [3.8, 4) is 0 Å². The minimum absolute atomic E-state index is 0. The van der Waals surface area contributed by atoms with E-state index in [2.05, 4.69) is 0 Å². The summed E-state index contributed by atoms with van der Waals surface area (Å²) in [5.41, 5.74) is 0. The zero-order valence-electron chi connectivity index (χ0n) is 2.79.